The van der Waals surface area contributed by atoms with Crippen LogP contribution in [0.4, 0.5) is 0 Å². The predicted octanol–water partition coefficient (Wildman–Crippen LogP) is 3.10. The van der Waals surface area contributed by atoms with E-state index in [1.165, 1.54) is 6.92 Å². The Kier molecular flexibility index (Phi) is 6.12. The fourth-order valence-electron chi connectivity index (χ4n) is 0.780. The smallest absolute Gasteiger partial charge is 0.308 e. The van der Waals surface area contributed by atoms with Gasteiger partial charge in [-0.05, 0) is 35.0 Å². The largest absolute Gasteiger partial charge is 0.425 e. The lowest BCUT2D eigenvalue weighted by atomic mass is 10.3. The molecule has 78 valence electrons. The van der Waals surface area contributed by atoms with E-state index >= 15 is 0 Å². The molecule has 0 aliphatic rings. The van der Waals surface area contributed by atoms with Crippen LogP contribution in [0.25, 0.3) is 0 Å². The van der Waals surface area contributed by atoms with Crippen molar-refractivity contribution in [1.82, 2.24) is 4.98 Å². The molecule has 4 heteroatoms. The van der Waals surface area contributed by atoms with Gasteiger partial charge in [0.1, 0.15) is 4.60 Å². The summed E-state index contributed by atoms with van der Waals surface area (Å²) in [4.78, 5) is 14.7. The predicted molar refractivity (Wildman–Crippen MR) is 59.3 cm³/mol. The van der Waals surface area contributed by atoms with Gasteiger partial charge in [0.05, 0.1) is 5.69 Å². The van der Waals surface area contributed by atoms with E-state index in [1.54, 1.807) is 19.1 Å². The molecule has 14 heavy (non-hydrogen) atoms. The first-order valence-corrected chi connectivity index (χ1v) is 5.20. The Morgan fingerprint density at radius 3 is 2.43 bits per heavy atom. The summed E-state index contributed by atoms with van der Waals surface area (Å²) in [6.45, 7) is 7.14. The molecule has 0 amide bonds. The standard InChI is InChI=1S/C8H8BrNO2.C2H6/c1-5-7(12-6(2)11)3-4-8(9)10-5;1-2/h3-4H,1-2H3;1-2H3. The molecule has 0 spiro atoms. The minimum atomic E-state index is -0.331. The van der Waals surface area contributed by atoms with Crippen LogP contribution in [0.5, 0.6) is 5.75 Å². The molecule has 0 atom stereocenters. The molecule has 0 aliphatic carbocycles. The van der Waals surface area contributed by atoms with Crippen molar-refractivity contribution in [3.05, 3.63) is 22.4 Å². The van der Waals surface area contributed by atoms with Gasteiger partial charge in [0.15, 0.2) is 5.75 Å². The third kappa shape index (κ3) is 4.37. The molecule has 0 N–H and O–H groups in total. The molecule has 1 heterocycles. The molecule has 1 aromatic rings. The van der Waals surface area contributed by atoms with Gasteiger partial charge in [-0.15, -0.1) is 0 Å². The van der Waals surface area contributed by atoms with Crippen molar-refractivity contribution in [2.75, 3.05) is 0 Å². The van der Waals surface area contributed by atoms with E-state index in [0.717, 1.165) is 4.60 Å². The van der Waals surface area contributed by atoms with Crippen LogP contribution in [-0.2, 0) is 4.79 Å². The summed E-state index contributed by atoms with van der Waals surface area (Å²) < 4.78 is 5.61. The normalized spacial score (nSPS) is 8.64. The third-order valence-corrected chi connectivity index (χ3v) is 1.70. The Bertz CT molecular complexity index is 313. The highest BCUT2D eigenvalue weighted by atomic mass is 79.9. The summed E-state index contributed by atoms with van der Waals surface area (Å²) in [7, 11) is 0. The van der Waals surface area contributed by atoms with Gasteiger partial charge in [-0.2, -0.15) is 0 Å². The van der Waals surface area contributed by atoms with Crippen molar-refractivity contribution in [1.29, 1.82) is 0 Å². The number of nitrogens with zero attached hydrogens (tertiary/aromatic N) is 1. The van der Waals surface area contributed by atoms with Gasteiger partial charge in [0.25, 0.3) is 0 Å². The number of aryl methyl sites for hydroxylation is 1. The number of halogens is 1. The first-order chi connectivity index (χ1) is 6.59. The van der Waals surface area contributed by atoms with Crippen molar-refractivity contribution in [2.24, 2.45) is 0 Å². The Labute approximate surface area is 92.6 Å². The van der Waals surface area contributed by atoms with Crippen LogP contribution in [-0.4, -0.2) is 11.0 Å². The van der Waals surface area contributed by atoms with Gasteiger partial charge >= 0.3 is 5.97 Å². The zero-order chi connectivity index (χ0) is 11.1. The Balaban J connectivity index is 0.000000791. The molecule has 0 saturated heterocycles. The SMILES string of the molecule is CC.CC(=O)Oc1ccc(Br)nc1C. The number of carbonyl (C=O) groups excluding carboxylic acids is 1. The van der Waals surface area contributed by atoms with E-state index in [0.29, 0.717) is 11.4 Å². The maximum Gasteiger partial charge on any atom is 0.308 e. The number of pyridine rings is 1. The molecule has 1 aromatic heterocycles. The topological polar surface area (TPSA) is 39.2 Å². The van der Waals surface area contributed by atoms with E-state index in [-0.39, 0.29) is 5.97 Å². The lowest BCUT2D eigenvalue weighted by Crippen LogP contribution is -2.03. The quantitative estimate of drug-likeness (QED) is 0.575. The van der Waals surface area contributed by atoms with Gasteiger partial charge in [0.2, 0.25) is 0 Å². The molecule has 0 saturated carbocycles. The summed E-state index contributed by atoms with van der Waals surface area (Å²) in [6.07, 6.45) is 0. The summed E-state index contributed by atoms with van der Waals surface area (Å²) >= 11 is 3.21. The highest BCUT2D eigenvalue weighted by Crippen LogP contribution is 2.18. The molecule has 3 nitrogen and oxygen atoms in total. The summed E-state index contributed by atoms with van der Waals surface area (Å²) in [6, 6.07) is 3.43. The fraction of sp³-hybridized carbons (Fsp3) is 0.400. The lowest BCUT2D eigenvalue weighted by Gasteiger charge is -2.03. The first-order valence-electron chi connectivity index (χ1n) is 4.41. The Morgan fingerprint density at radius 1 is 1.43 bits per heavy atom. The van der Waals surface area contributed by atoms with E-state index < -0.39 is 0 Å². The highest BCUT2D eigenvalue weighted by molar-refractivity contribution is 9.10. The number of aromatic nitrogens is 1. The second-order valence-electron chi connectivity index (χ2n) is 2.31. The molecule has 0 aromatic carbocycles. The van der Waals surface area contributed by atoms with Gasteiger partial charge in [-0.1, -0.05) is 13.8 Å². The van der Waals surface area contributed by atoms with Crippen molar-refractivity contribution in [3.8, 4) is 5.75 Å². The average Bonchev–Trinajstić information content (AvgIpc) is 2.13. The molecular formula is C10H14BrNO2. The van der Waals surface area contributed by atoms with Crippen LogP contribution in [0.1, 0.15) is 26.5 Å². The fourth-order valence-corrected chi connectivity index (χ4v) is 1.18. The van der Waals surface area contributed by atoms with Gasteiger partial charge in [-0.3, -0.25) is 4.79 Å². The third-order valence-electron chi connectivity index (χ3n) is 1.26. The minimum Gasteiger partial charge on any atom is -0.425 e. The van der Waals surface area contributed by atoms with Crippen molar-refractivity contribution < 1.29 is 9.53 Å². The monoisotopic (exact) mass is 259 g/mol. The minimum absolute atomic E-state index is 0.331. The maximum absolute atomic E-state index is 10.6. The lowest BCUT2D eigenvalue weighted by molar-refractivity contribution is -0.131. The Hall–Kier alpha value is -0.900. The number of hydrogen-bond acceptors (Lipinski definition) is 3. The molecule has 0 bridgehead atoms. The van der Waals surface area contributed by atoms with E-state index in [2.05, 4.69) is 20.9 Å². The van der Waals surface area contributed by atoms with Crippen LogP contribution >= 0.6 is 15.9 Å². The number of hydrogen-bond donors (Lipinski definition) is 0. The highest BCUT2D eigenvalue weighted by Gasteiger charge is 2.03. The zero-order valence-corrected chi connectivity index (χ0v) is 10.4. The number of ether oxygens (including phenoxy) is 1. The number of carbonyl (C=O) groups is 1. The number of esters is 1. The van der Waals surface area contributed by atoms with Crippen LogP contribution in [0.15, 0.2) is 16.7 Å². The first kappa shape index (κ1) is 13.1. The van der Waals surface area contributed by atoms with E-state index in [4.69, 9.17) is 4.74 Å². The zero-order valence-electron chi connectivity index (χ0n) is 8.80. The summed E-state index contributed by atoms with van der Waals surface area (Å²) in [5.74, 6) is 0.174. The van der Waals surface area contributed by atoms with Crippen molar-refractivity contribution in [2.45, 2.75) is 27.7 Å². The molecule has 0 radical (unpaired) electrons. The van der Waals surface area contributed by atoms with Crippen LogP contribution < -0.4 is 4.74 Å². The van der Waals surface area contributed by atoms with Crippen molar-refractivity contribution >= 4 is 21.9 Å². The molecule has 0 fully saturated rings. The second kappa shape index (κ2) is 6.54. The Morgan fingerprint density at radius 2 is 2.00 bits per heavy atom. The van der Waals surface area contributed by atoms with Gasteiger partial charge in [-0.25, -0.2) is 4.98 Å². The van der Waals surface area contributed by atoms with Gasteiger partial charge in [0, 0.05) is 6.92 Å². The molecule has 0 unspecified atom stereocenters. The van der Waals surface area contributed by atoms with E-state index in [1.807, 2.05) is 13.8 Å². The molecule has 1 rings (SSSR count). The number of rotatable bonds is 1. The van der Waals surface area contributed by atoms with Crippen LogP contribution in [0.3, 0.4) is 0 Å². The van der Waals surface area contributed by atoms with Crippen molar-refractivity contribution in [3.63, 3.8) is 0 Å². The maximum atomic E-state index is 10.6. The van der Waals surface area contributed by atoms with Crippen LogP contribution in [0.2, 0.25) is 0 Å². The van der Waals surface area contributed by atoms with Crippen LogP contribution in [0, 0.1) is 6.92 Å². The summed E-state index contributed by atoms with van der Waals surface area (Å²) in [5.41, 5.74) is 0.694. The van der Waals surface area contributed by atoms with Gasteiger partial charge < -0.3 is 4.74 Å². The van der Waals surface area contributed by atoms with E-state index in [9.17, 15) is 4.79 Å². The molecule has 0 aliphatic heterocycles. The second-order valence-corrected chi connectivity index (χ2v) is 3.12. The molecular weight excluding hydrogens is 246 g/mol. The average molecular weight is 260 g/mol. The summed E-state index contributed by atoms with van der Waals surface area (Å²) in [5, 5.41) is 0.